The minimum absolute atomic E-state index is 0.0473. The van der Waals surface area contributed by atoms with Crippen LogP contribution in [0.5, 0.6) is 0 Å². The highest BCUT2D eigenvalue weighted by Crippen LogP contribution is 2.31. The molecular formula is C21H41N5O. The monoisotopic (exact) mass is 379 g/mol. The fourth-order valence-corrected chi connectivity index (χ4v) is 4.79. The molecule has 3 rings (SSSR count). The lowest BCUT2D eigenvalue weighted by Crippen LogP contribution is -2.58. The highest BCUT2D eigenvalue weighted by Gasteiger charge is 2.39. The van der Waals surface area contributed by atoms with E-state index in [0.717, 1.165) is 45.0 Å². The molecule has 3 aliphatic rings. The number of hydrogen-bond donors (Lipinski definition) is 2. The van der Waals surface area contributed by atoms with Gasteiger partial charge in [0.25, 0.3) is 0 Å². The number of hydrogen-bond acceptors (Lipinski definition) is 4. The quantitative estimate of drug-likeness (QED) is 0.547. The van der Waals surface area contributed by atoms with Crippen LogP contribution in [0.25, 0.3) is 0 Å². The lowest BCUT2D eigenvalue weighted by atomic mass is 9.84. The second kappa shape index (κ2) is 9.57. The molecule has 0 amide bonds. The van der Waals surface area contributed by atoms with Gasteiger partial charge in [0.05, 0.1) is 12.1 Å². The van der Waals surface area contributed by atoms with E-state index in [1.54, 1.807) is 0 Å². The number of rotatable bonds is 6. The van der Waals surface area contributed by atoms with Crippen LogP contribution in [0.4, 0.5) is 0 Å². The fourth-order valence-electron chi connectivity index (χ4n) is 4.79. The fraction of sp³-hybridized carbons (Fsp3) is 0.952. The zero-order valence-electron chi connectivity index (χ0n) is 17.9. The molecule has 3 fully saturated rings. The lowest BCUT2D eigenvalue weighted by molar-refractivity contribution is 0.0202. The van der Waals surface area contributed by atoms with Gasteiger partial charge in [-0.1, -0.05) is 6.42 Å². The molecule has 3 heterocycles. The number of nitrogens with zero attached hydrogens (tertiary/aromatic N) is 3. The zero-order chi connectivity index (χ0) is 19.2. The van der Waals surface area contributed by atoms with Crippen molar-refractivity contribution in [2.45, 2.75) is 69.9 Å². The van der Waals surface area contributed by atoms with Crippen molar-refractivity contribution in [3.8, 4) is 0 Å². The maximum atomic E-state index is 5.93. The van der Waals surface area contributed by atoms with Gasteiger partial charge in [0.2, 0.25) is 0 Å². The van der Waals surface area contributed by atoms with Crippen molar-refractivity contribution in [3.05, 3.63) is 0 Å². The predicted octanol–water partition coefficient (Wildman–Crippen LogP) is 2.06. The summed E-state index contributed by atoms with van der Waals surface area (Å²) in [6.07, 6.45) is 8.82. The molecule has 1 unspecified atom stereocenters. The summed E-state index contributed by atoms with van der Waals surface area (Å²) in [6, 6.07) is 0. The number of piperidine rings is 2. The normalized spacial score (nSPS) is 30.4. The van der Waals surface area contributed by atoms with Gasteiger partial charge in [-0.05, 0) is 85.6 Å². The Morgan fingerprint density at radius 3 is 2.37 bits per heavy atom. The number of ether oxygens (including phenoxy) is 1. The van der Waals surface area contributed by atoms with Gasteiger partial charge >= 0.3 is 0 Å². The molecule has 27 heavy (non-hydrogen) atoms. The summed E-state index contributed by atoms with van der Waals surface area (Å²) < 4.78 is 5.93. The van der Waals surface area contributed by atoms with Crippen LogP contribution >= 0.6 is 0 Å². The average Bonchev–Trinajstić information content (AvgIpc) is 3.13. The molecule has 0 aromatic carbocycles. The highest BCUT2D eigenvalue weighted by atomic mass is 16.5. The largest absolute Gasteiger partial charge is 0.373 e. The molecule has 0 spiro atoms. The van der Waals surface area contributed by atoms with Gasteiger partial charge in [-0.3, -0.25) is 9.89 Å². The summed E-state index contributed by atoms with van der Waals surface area (Å²) in [4.78, 5) is 10.3. The van der Waals surface area contributed by atoms with Gasteiger partial charge in [-0.25, -0.2) is 0 Å². The Hall–Kier alpha value is -0.850. The maximum Gasteiger partial charge on any atom is 0.191 e. The van der Waals surface area contributed by atoms with Crippen LogP contribution in [0.1, 0.15) is 58.8 Å². The highest BCUT2D eigenvalue weighted by molar-refractivity contribution is 5.79. The summed E-state index contributed by atoms with van der Waals surface area (Å²) in [5, 5.41) is 7.00. The van der Waals surface area contributed by atoms with E-state index >= 15 is 0 Å². The molecule has 1 atom stereocenters. The Kier molecular flexibility index (Phi) is 7.40. The average molecular weight is 380 g/mol. The first-order valence-corrected chi connectivity index (χ1v) is 11.2. The summed E-state index contributed by atoms with van der Waals surface area (Å²) in [5.41, 5.74) is 0.192. The van der Waals surface area contributed by atoms with Gasteiger partial charge in [-0.2, -0.15) is 0 Å². The molecule has 0 aliphatic carbocycles. The van der Waals surface area contributed by atoms with Crippen molar-refractivity contribution in [3.63, 3.8) is 0 Å². The predicted molar refractivity (Wildman–Crippen MR) is 112 cm³/mol. The first-order chi connectivity index (χ1) is 13.1. The van der Waals surface area contributed by atoms with E-state index in [9.17, 15) is 0 Å². The molecule has 6 heteroatoms. The summed E-state index contributed by atoms with van der Waals surface area (Å²) in [6.45, 7) is 12.7. The minimum Gasteiger partial charge on any atom is -0.373 e. The molecule has 0 saturated carbocycles. The van der Waals surface area contributed by atoms with Crippen LogP contribution in [0.15, 0.2) is 4.99 Å². The second-order valence-corrected chi connectivity index (χ2v) is 9.03. The van der Waals surface area contributed by atoms with Crippen LogP contribution < -0.4 is 10.6 Å². The molecule has 0 aromatic rings. The molecule has 6 nitrogen and oxygen atoms in total. The molecule has 3 aliphatic heterocycles. The van der Waals surface area contributed by atoms with E-state index in [0.29, 0.717) is 0 Å². The molecule has 156 valence electrons. The summed E-state index contributed by atoms with van der Waals surface area (Å²) in [7, 11) is 2.25. The van der Waals surface area contributed by atoms with Crippen molar-refractivity contribution in [2.75, 3.05) is 59.5 Å². The van der Waals surface area contributed by atoms with Gasteiger partial charge in [-0.15, -0.1) is 0 Å². The van der Waals surface area contributed by atoms with Crippen LogP contribution in [0.2, 0.25) is 0 Å². The van der Waals surface area contributed by atoms with Gasteiger partial charge in [0.1, 0.15) is 0 Å². The van der Waals surface area contributed by atoms with E-state index in [1.807, 2.05) is 0 Å². The molecule has 0 bridgehead atoms. The topological polar surface area (TPSA) is 52.1 Å². The second-order valence-electron chi connectivity index (χ2n) is 9.03. The van der Waals surface area contributed by atoms with E-state index in [4.69, 9.17) is 9.73 Å². The van der Waals surface area contributed by atoms with Crippen LogP contribution in [0, 0.1) is 0 Å². The van der Waals surface area contributed by atoms with Crippen molar-refractivity contribution in [2.24, 2.45) is 4.99 Å². The standard InChI is InChI=1S/C21H41N5O/c1-4-22-19(23-17-20(2)9-8-16-27-20)24-18-21(10-14-25(3)15-11-21)26-12-6-5-7-13-26/h4-18H2,1-3H3,(H2,22,23,24). The van der Waals surface area contributed by atoms with Crippen molar-refractivity contribution in [1.82, 2.24) is 20.4 Å². The number of nitrogens with one attached hydrogen (secondary N) is 2. The van der Waals surface area contributed by atoms with Crippen molar-refractivity contribution in [1.29, 1.82) is 0 Å². The molecule has 3 saturated heterocycles. The smallest absolute Gasteiger partial charge is 0.191 e. The van der Waals surface area contributed by atoms with Crippen molar-refractivity contribution >= 4 is 5.96 Å². The Balaban J connectivity index is 1.66. The lowest BCUT2D eigenvalue weighted by Gasteiger charge is -2.49. The molecular weight excluding hydrogens is 338 g/mol. The summed E-state index contributed by atoms with van der Waals surface area (Å²) in [5.74, 6) is 0.949. The maximum absolute atomic E-state index is 5.93. The van der Waals surface area contributed by atoms with E-state index in [2.05, 4.69) is 41.3 Å². The number of likely N-dealkylation sites (tertiary alicyclic amines) is 2. The first kappa shape index (κ1) is 20.9. The Morgan fingerprint density at radius 1 is 1.00 bits per heavy atom. The molecule has 0 radical (unpaired) electrons. The Labute approximate surface area is 166 Å². The van der Waals surface area contributed by atoms with Crippen LogP contribution in [0.3, 0.4) is 0 Å². The third kappa shape index (κ3) is 5.58. The van der Waals surface area contributed by atoms with E-state index in [1.165, 1.54) is 58.3 Å². The van der Waals surface area contributed by atoms with Crippen molar-refractivity contribution < 1.29 is 4.74 Å². The van der Waals surface area contributed by atoms with Crippen LogP contribution in [-0.2, 0) is 4.74 Å². The Bertz CT molecular complexity index is 475. The summed E-state index contributed by atoms with van der Waals surface area (Å²) >= 11 is 0. The Morgan fingerprint density at radius 2 is 1.74 bits per heavy atom. The van der Waals surface area contributed by atoms with Crippen LogP contribution in [-0.4, -0.2) is 86.4 Å². The zero-order valence-corrected chi connectivity index (χ0v) is 17.9. The third-order valence-corrected chi connectivity index (χ3v) is 6.75. The first-order valence-electron chi connectivity index (χ1n) is 11.2. The SMILES string of the molecule is CCNC(=NCC1(N2CCCCC2)CCN(C)CC1)NCC1(C)CCCO1. The third-order valence-electron chi connectivity index (χ3n) is 6.75. The molecule has 0 aromatic heterocycles. The van der Waals surface area contributed by atoms with E-state index < -0.39 is 0 Å². The van der Waals surface area contributed by atoms with Gasteiger partial charge < -0.3 is 20.3 Å². The number of aliphatic imine (C=N–C) groups is 1. The van der Waals surface area contributed by atoms with Gasteiger partial charge in [0.15, 0.2) is 5.96 Å². The number of guanidine groups is 1. The molecule has 2 N–H and O–H groups in total. The van der Waals surface area contributed by atoms with E-state index in [-0.39, 0.29) is 11.1 Å². The van der Waals surface area contributed by atoms with Gasteiger partial charge in [0, 0.05) is 25.2 Å². The minimum atomic E-state index is -0.0473.